The van der Waals surface area contributed by atoms with E-state index < -0.39 is 8.24 Å². The largest absolute Gasteiger partial charge is 0.466 e. The van der Waals surface area contributed by atoms with Crippen LogP contribution in [0.5, 0.6) is 0 Å². The number of piperazine rings is 1. The molecule has 0 aromatic heterocycles. The molecule has 4 nitrogen and oxygen atoms in total. The second kappa shape index (κ2) is 8.91. The molecule has 1 heterocycles. The van der Waals surface area contributed by atoms with Crippen molar-refractivity contribution in [1.29, 1.82) is 0 Å². The van der Waals surface area contributed by atoms with Gasteiger partial charge in [0.15, 0.2) is 0 Å². The first kappa shape index (κ1) is 18.7. The number of carbonyl (C=O) groups is 1. The summed E-state index contributed by atoms with van der Waals surface area (Å²) in [5, 5.41) is 0. The van der Waals surface area contributed by atoms with Crippen LogP contribution < -0.4 is 0 Å². The number of rotatable bonds is 8. The molecular formula is C16H34N2O2Si. The van der Waals surface area contributed by atoms with Gasteiger partial charge in [0.1, 0.15) is 8.24 Å². The number of carbonyl (C=O) groups excluding carboxylic acids is 1. The molecule has 1 aliphatic rings. The number of hydrogen-bond donors (Lipinski definition) is 0. The summed E-state index contributed by atoms with van der Waals surface area (Å²) in [7, 11) is -1.21. The molecule has 0 spiro atoms. The first-order valence-corrected chi connectivity index (χ1v) is 11.2. The second-order valence-corrected chi connectivity index (χ2v) is 11.4. The molecular weight excluding hydrogens is 280 g/mol. The number of ether oxygens (including phenoxy) is 1. The van der Waals surface area contributed by atoms with Crippen molar-refractivity contribution >= 4 is 14.2 Å². The van der Waals surface area contributed by atoms with E-state index in [0.29, 0.717) is 6.61 Å². The lowest BCUT2D eigenvalue weighted by Crippen LogP contribution is -2.60. The van der Waals surface area contributed by atoms with E-state index in [9.17, 15) is 4.79 Å². The first-order chi connectivity index (χ1) is 10.0. The van der Waals surface area contributed by atoms with Crippen molar-refractivity contribution in [2.24, 2.45) is 5.92 Å². The zero-order valence-corrected chi connectivity index (χ0v) is 15.7. The molecule has 124 valence electrons. The Morgan fingerprint density at radius 3 is 2.00 bits per heavy atom. The van der Waals surface area contributed by atoms with Crippen molar-refractivity contribution in [3.05, 3.63) is 0 Å². The van der Waals surface area contributed by atoms with Gasteiger partial charge in [-0.15, -0.1) is 0 Å². The van der Waals surface area contributed by atoms with E-state index >= 15 is 0 Å². The van der Waals surface area contributed by atoms with E-state index in [4.69, 9.17) is 4.74 Å². The van der Waals surface area contributed by atoms with Crippen LogP contribution in [0.2, 0.25) is 18.1 Å². The van der Waals surface area contributed by atoms with Crippen molar-refractivity contribution in [2.75, 3.05) is 39.3 Å². The molecule has 0 amide bonds. The predicted molar refractivity (Wildman–Crippen MR) is 91.0 cm³/mol. The third-order valence-corrected chi connectivity index (χ3v) is 11.0. The van der Waals surface area contributed by atoms with Gasteiger partial charge in [-0.3, -0.25) is 4.79 Å². The average Bonchev–Trinajstić information content (AvgIpc) is 2.51. The van der Waals surface area contributed by atoms with E-state index in [1.807, 2.05) is 13.8 Å². The van der Waals surface area contributed by atoms with Crippen LogP contribution in [0.4, 0.5) is 0 Å². The fourth-order valence-corrected chi connectivity index (χ4v) is 7.56. The van der Waals surface area contributed by atoms with E-state index in [2.05, 4.69) is 30.2 Å². The molecule has 1 unspecified atom stereocenters. The van der Waals surface area contributed by atoms with Crippen LogP contribution >= 0.6 is 0 Å². The van der Waals surface area contributed by atoms with Crippen molar-refractivity contribution in [1.82, 2.24) is 9.47 Å². The lowest BCUT2D eigenvalue weighted by atomic mass is 10.1. The minimum atomic E-state index is -1.21. The fraction of sp³-hybridized carbons (Fsp3) is 0.938. The van der Waals surface area contributed by atoms with Crippen LogP contribution in [0.15, 0.2) is 0 Å². The molecule has 0 N–H and O–H groups in total. The second-order valence-electron chi connectivity index (χ2n) is 6.23. The maximum Gasteiger partial charge on any atom is 0.309 e. The standard InChI is InChI=1S/C16H34N2O2Si/c1-6-20-16(19)15(5)14-17-10-12-18(13-11-17)21(7-2,8-3)9-4/h15H,6-14H2,1-5H3. The van der Waals surface area contributed by atoms with E-state index in [-0.39, 0.29) is 11.9 Å². The zero-order chi connectivity index (χ0) is 15.9. The summed E-state index contributed by atoms with van der Waals surface area (Å²) in [6, 6.07) is 4.08. The van der Waals surface area contributed by atoms with Gasteiger partial charge in [0.05, 0.1) is 12.5 Å². The first-order valence-electron chi connectivity index (χ1n) is 8.67. The summed E-state index contributed by atoms with van der Waals surface area (Å²) in [6.07, 6.45) is 0. The van der Waals surface area contributed by atoms with Crippen molar-refractivity contribution < 1.29 is 9.53 Å². The summed E-state index contributed by atoms with van der Waals surface area (Å²) in [5.41, 5.74) is 0. The zero-order valence-electron chi connectivity index (χ0n) is 14.7. The third-order valence-electron chi connectivity index (χ3n) is 5.24. The van der Waals surface area contributed by atoms with Crippen LogP contribution in [0.3, 0.4) is 0 Å². The van der Waals surface area contributed by atoms with Crippen molar-refractivity contribution in [3.63, 3.8) is 0 Å². The minimum Gasteiger partial charge on any atom is -0.466 e. The van der Waals surface area contributed by atoms with E-state index in [1.165, 1.54) is 31.2 Å². The molecule has 1 rings (SSSR count). The molecule has 5 heteroatoms. The molecule has 0 aromatic carbocycles. The van der Waals surface area contributed by atoms with Crippen LogP contribution in [-0.4, -0.2) is 63.0 Å². The fourth-order valence-electron chi connectivity index (χ4n) is 3.57. The van der Waals surface area contributed by atoms with E-state index in [1.54, 1.807) is 0 Å². The van der Waals surface area contributed by atoms with E-state index in [0.717, 1.165) is 19.6 Å². The average molecular weight is 315 g/mol. The van der Waals surface area contributed by atoms with Crippen LogP contribution in [0.25, 0.3) is 0 Å². The van der Waals surface area contributed by atoms with Gasteiger partial charge in [-0.05, 0) is 25.1 Å². The van der Waals surface area contributed by atoms with Gasteiger partial charge in [-0.25, -0.2) is 0 Å². The monoisotopic (exact) mass is 314 g/mol. The summed E-state index contributed by atoms with van der Waals surface area (Å²) < 4.78 is 7.91. The Morgan fingerprint density at radius 2 is 1.57 bits per heavy atom. The van der Waals surface area contributed by atoms with Crippen LogP contribution in [0.1, 0.15) is 34.6 Å². The van der Waals surface area contributed by atoms with Crippen molar-refractivity contribution in [2.45, 2.75) is 52.8 Å². The SMILES string of the molecule is CCOC(=O)C(C)CN1CCN([Si](CC)(CC)CC)CC1. The Morgan fingerprint density at radius 1 is 1.05 bits per heavy atom. The Kier molecular flexibility index (Phi) is 7.91. The Hall–Kier alpha value is -0.393. The van der Waals surface area contributed by atoms with Crippen LogP contribution in [0, 0.1) is 5.92 Å². The van der Waals surface area contributed by atoms with Gasteiger partial charge in [0, 0.05) is 32.7 Å². The molecule has 0 aromatic rings. The van der Waals surface area contributed by atoms with Gasteiger partial charge >= 0.3 is 5.97 Å². The number of hydrogen-bond acceptors (Lipinski definition) is 4. The van der Waals surface area contributed by atoms with Crippen molar-refractivity contribution in [3.8, 4) is 0 Å². The maximum absolute atomic E-state index is 11.7. The van der Waals surface area contributed by atoms with Gasteiger partial charge < -0.3 is 14.2 Å². The van der Waals surface area contributed by atoms with Gasteiger partial charge in [-0.1, -0.05) is 27.7 Å². The third kappa shape index (κ3) is 4.79. The molecule has 0 radical (unpaired) electrons. The molecule has 0 saturated carbocycles. The molecule has 1 aliphatic heterocycles. The summed E-state index contributed by atoms with van der Waals surface area (Å²) in [6.45, 7) is 16.8. The molecule has 1 saturated heterocycles. The molecule has 21 heavy (non-hydrogen) atoms. The van der Waals surface area contributed by atoms with Gasteiger partial charge in [-0.2, -0.15) is 0 Å². The summed E-state index contributed by atoms with van der Waals surface area (Å²) in [5.74, 6) is -0.0682. The van der Waals surface area contributed by atoms with Gasteiger partial charge in [0.25, 0.3) is 0 Å². The normalized spacial score (nSPS) is 19.5. The molecule has 0 bridgehead atoms. The Labute approximate surface area is 131 Å². The topological polar surface area (TPSA) is 32.8 Å². The highest BCUT2D eigenvalue weighted by Gasteiger charge is 2.36. The predicted octanol–water partition coefficient (Wildman–Crippen LogP) is 2.81. The highest BCUT2D eigenvalue weighted by atomic mass is 28.3. The lowest BCUT2D eigenvalue weighted by Gasteiger charge is -2.46. The number of esters is 1. The van der Waals surface area contributed by atoms with Crippen LogP contribution in [-0.2, 0) is 9.53 Å². The Bertz CT molecular complexity index is 305. The molecule has 1 atom stereocenters. The molecule has 1 fully saturated rings. The molecule has 0 aliphatic carbocycles. The smallest absolute Gasteiger partial charge is 0.309 e. The minimum absolute atomic E-state index is 0.0120. The van der Waals surface area contributed by atoms with Gasteiger partial charge in [0.2, 0.25) is 0 Å². The number of nitrogens with zero attached hydrogens (tertiary/aromatic N) is 2. The maximum atomic E-state index is 11.7. The lowest BCUT2D eigenvalue weighted by molar-refractivity contribution is -0.148. The summed E-state index contributed by atoms with van der Waals surface area (Å²) in [4.78, 5) is 14.2. The quantitative estimate of drug-likeness (QED) is 0.509. The highest BCUT2D eigenvalue weighted by molar-refractivity contribution is 6.77. The highest BCUT2D eigenvalue weighted by Crippen LogP contribution is 2.26. The Balaban J connectivity index is 2.46. The summed E-state index contributed by atoms with van der Waals surface area (Å²) >= 11 is 0.